The van der Waals surface area contributed by atoms with E-state index in [0.29, 0.717) is 12.1 Å². The van der Waals surface area contributed by atoms with Crippen molar-refractivity contribution in [2.75, 3.05) is 19.6 Å². The van der Waals surface area contributed by atoms with E-state index in [-0.39, 0.29) is 31.3 Å². The van der Waals surface area contributed by atoms with Crippen LogP contribution in [-0.2, 0) is 4.79 Å². The monoisotopic (exact) mass is 346 g/mol. The lowest BCUT2D eigenvalue weighted by Gasteiger charge is -2.28. The minimum Gasteiger partial charge on any atom is -0.350 e. The van der Waals surface area contributed by atoms with Crippen molar-refractivity contribution in [2.45, 2.75) is 38.0 Å². The first kappa shape index (κ1) is 18.9. The van der Waals surface area contributed by atoms with Crippen molar-refractivity contribution in [2.24, 2.45) is 0 Å². The van der Waals surface area contributed by atoms with Crippen LogP contribution in [0, 0.1) is 11.3 Å². The molecule has 2 amide bonds. The van der Waals surface area contributed by atoms with Crippen LogP contribution in [0.4, 0.5) is 4.39 Å². The lowest BCUT2D eigenvalue weighted by molar-refractivity contribution is -0.130. The molecule has 2 rings (SSSR count). The Bertz CT molecular complexity index is 657. The first-order valence-corrected chi connectivity index (χ1v) is 8.24. The summed E-state index contributed by atoms with van der Waals surface area (Å²) in [5, 5.41) is 14.9. The standard InChI is InChI=1S/C18H23FN4O2/c1-18(2,12-21-17(25)13-6-4-3-5-7-13)22-10-16(24)23-11-14(19)8-15(23)9-20/h3-7,14-15,22H,8,10-12H2,1-2H3,(H,21,25)/t14-,15?/m0/s1. The van der Waals surface area contributed by atoms with Crippen LogP contribution in [0.15, 0.2) is 30.3 Å². The summed E-state index contributed by atoms with van der Waals surface area (Å²) < 4.78 is 13.4. The number of nitriles is 1. The zero-order valence-corrected chi connectivity index (χ0v) is 14.5. The average molecular weight is 346 g/mol. The maximum atomic E-state index is 13.4. The van der Waals surface area contributed by atoms with Gasteiger partial charge in [0.1, 0.15) is 12.2 Å². The first-order chi connectivity index (χ1) is 11.8. The third kappa shape index (κ3) is 5.26. The third-order valence-corrected chi connectivity index (χ3v) is 4.16. The second kappa shape index (κ2) is 8.08. The Hall–Kier alpha value is -2.46. The number of hydrogen-bond acceptors (Lipinski definition) is 4. The highest BCUT2D eigenvalue weighted by molar-refractivity contribution is 5.94. The van der Waals surface area contributed by atoms with E-state index in [1.165, 1.54) is 4.90 Å². The number of carbonyl (C=O) groups is 2. The van der Waals surface area contributed by atoms with Crippen LogP contribution < -0.4 is 10.6 Å². The van der Waals surface area contributed by atoms with Crippen LogP contribution >= 0.6 is 0 Å². The van der Waals surface area contributed by atoms with E-state index in [9.17, 15) is 14.0 Å². The Labute approximate surface area is 147 Å². The van der Waals surface area contributed by atoms with Crippen molar-refractivity contribution >= 4 is 11.8 Å². The molecule has 1 fully saturated rings. The summed E-state index contributed by atoms with van der Waals surface area (Å²) in [6.07, 6.45) is -1.08. The molecule has 1 aliphatic heterocycles. The zero-order chi connectivity index (χ0) is 18.4. The predicted molar refractivity (Wildman–Crippen MR) is 91.5 cm³/mol. The number of alkyl halides is 1. The summed E-state index contributed by atoms with van der Waals surface area (Å²) in [7, 11) is 0. The molecule has 2 atom stereocenters. The molecule has 2 N–H and O–H groups in total. The molecule has 1 heterocycles. The van der Waals surface area contributed by atoms with E-state index in [1.807, 2.05) is 26.0 Å². The molecule has 1 aliphatic rings. The first-order valence-electron chi connectivity index (χ1n) is 8.24. The second-order valence-electron chi connectivity index (χ2n) is 6.81. The fraction of sp³-hybridized carbons (Fsp3) is 0.500. The van der Waals surface area contributed by atoms with E-state index >= 15 is 0 Å². The Morgan fingerprint density at radius 1 is 1.36 bits per heavy atom. The molecule has 7 heteroatoms. The van der Waals surface area contributed by atoms with Crippen LogP contribution in [-0.4, -0.2) is 54.1 Å². The molecule has 1 unspecified atom stereocenters. The summed E-state index contributed by atoms with van der Waals surface area (Å²) in [6.45, 7) is 3.98. The molecule has 0 saturated carbocycles. The number of amides is 2. The molecule has 0 spiro atoms. The van der Waals surface area contributed by atoms with Gasteiger partial charge in [-0.15, -0.1) is 0 Å². The van der Waals surface area contributed by atoms with E-state index in [1.54, 1.807) is 24.3 Å². The number of benzene rings is 1. The summed E-state index contributed by atoms with van der Waals surface area (Å²) in [5.41, 5.74) is 0.0363. The number of rotatable bonds is 6. The third-order valence-electron chi connectivity index (χ3n) is 4.16. The van der Waals surface area contributed by atoms with Crippen molar-refractivity contribution in [1.82, 2.24) is 15.5 Å². The van der Waals surface area contributed by atoms with E-state index in [2.05, 4.69) is 10.6 Å². The molecule has 1 aromatic rings. The van der Waals surface area contributed by atoms with Gasteiger partial charge in [0.25, 0.3) is 5.91 Å². The molecule has 6 nitrogen and oxygen atoms in total. The van der Waals surface area contributed by atoms with Crippen molar-refractivity contribution in [3.63, 3.8) is 0 Å². The predicted octanol–water partition coefficient (Wildman–Crippen LogP) is 1.25. The summed E-state index contributed by atoms with van der Waals surface area (Å²) in [4.78, 5) is 25.6. The molecule has 1 aromatic carbocycles. The van der Waals surface area contributed by atoms with Crippen LogP contribution in [0.3, 0.4) is 0 Å². The minimum absolute atomic E-state index is 0.0148. The molecule has 134 valence electrons. The van der Waals surface area contributed by atoms with Gasteiger partial charge in [0, 0.05) is 24.1 Å². The van der Waals surface area contributed by atoms with E-state index < -0.39 is 17.8 Å². The van der Waals surface area contributed by atoms with Crippen LogP contribution in [0.25, 0.3) is 0 Å². The van der Waals surface area contributed by atoms with Gasteiger partial charge in [-0.25, -0.2) is 4.39 Å². The fourth-order valence-corrected chi connectivity index (χ4v) is 2.65. The fourth-order valence-electron chi connectivity index (χ4n) is 2.65. The normalized spacial score (nSPS) is 20.2. The molecular weight excluding hydrogens is 323 g/mol. The molecule has 0 radical (unpaired) electrons. The molecule has 25 heavy (non-hydrogen) atoms. The van der Waals surface area contributed by atoms with Crippen LogP contribution in [0.5, 0.6) is 0 Å². The van der Waals surface area contributed by atoms with Gasteiger partial charge < -0.3 is 15.5 Å². The number of halogens is 1. The Kier molecular flexibility index (Phi) is 6.10. The zero-order valence-electron chi connectivity index (χ0n) is 14.5. The van der Waals surface area contributed by atoms with E-state index in [4.69, 9.17) is 5.26 Å². The van der Waals surface area contributed by atoms with Gasteiger partial charge in [-0.3, -0.25) is 9.59 Å². The highest BCUT2D eigenvalue weighted by Gasteiger charge is 2.35. The largest absolute Gasteiger partial charge is 0.350 e. The summed E-state index contributed by atoms with van der Waals surface area (Å²) >= 11 is 0. The van der Waals surface area contributed by atoms with E-state index in [0.717, 1.165) is 0 Å². The summed E-state index contributed by atoms with van der Waals surface area (Å²) in [5.74, 6) is -0.500. The van der Waals surface area contributed by atoms with Gasteiger partial charge in [0.05, 0.1) is 19.2 Å². The van der Waals surface area contributed by atoms with Crippen molar-refractivity contribution in [3.8, 4) is 6.07 Å². The number of likely N-dealkylation sites (tertiary alicyclic amines) is 1. The van der Waals surface area contributed by atoms with Gasteiger partial charge >= 0.3 is 0 Å². The highest BCUT2D eigenvalue weighted by atomic mass is 19.1. The number of hydrogen-bond donors (Lipinski definition) is 2. The topological polar surface area (TPSA) is 85.2 Å². The molecule has 0 aliphatic carbocycles. The van der Waals surface area contributed by atoms with Gasteiger partial charge in [-0.2, -0.15) is 5.26 Å². The molecule has 1 saturated heterocycles. The summed E-state index contributed by atoms with van der Waals surface area (Å²) in [6, 6.07) is 10.1. The Balaban J connectivity index is 1.82. The maximum absolute atomic E-state index is 13.4. The lowest BCUT2D eigenvalue weighted by Crippen LogP contribution is -2.52. The van der Waals surface area contributed by atoms with Gasteiger partial charge in [-0.05, 0) is 26.0 Å². The number of nitrogens with one attached hydrogen (secondary N) is 2. The average Bonchev–Trinajstić information content (AvgIpc) is 2.99. The maximum Gasteiger partial charge on any atom is 0.251 e. The smallest absolute Gasteiger partial charge is 0.251 e. The van der Waals surface area contributed by atoms with Crippen molar-refractivity contribution < 1.29 is 14.0 Å². The van der Waals surface area contributed by atoms with Crippen LogP contribution in [0.2, 0.25) is 0 Å². The van der Waals surface area contributed by atoms with Crippen molar-refractivity contribution in [1.29, 1.82) is 5.26 Å². The highest BCUT2D eigenvalue weighted by Crippen LogP contribution is 2.19. The molecule has 0 bridgehead atoms. The Morgan fingerprint density at radius 2 is 2.04 bits per heavy atom. The molecule has 0 aromatic heterocycles. The second-order valence-corrected chi connectivity index (χ2v) is 6.81. The van der Waals surface area contributed by atoms with Gasteiger partial charge in [0.15, 0.2) is 0 Å². The van der Waals surface area contributed by atoms with Crippen molar-refractivity contribution in [3.05, 3.63) is 35.9 Å². The van der Waals surface area contributed by atoms with Gasteiger partial charge in [-0.1, -0.05) is 18.2 Å². The molecular formula is C18H23FN4O2. The van der Waals surface area contributed by atoms with Crippen LogP contribution in [0.1, 0.15) is 30.6 Å². The quantitative estimate of drug-likeness (QED) is 0.812. The minimum atomic E-state index is -1.15. The van der Waals surface area contributed by atoms with Gasteiger partial charge in [0.2, 0.25) is 5.91 Å². The number of nitrogens with zero attached hydrogens (tertiary/aromatic N) is 2. The number of carbonyl (C=O) groups excluding carboxylic acids is 2. The Morgan fingerprint density at radius 3 is 2.68 bits per heavy atom. The SMILES string of the molecule is CC(C)(CNC(=O)c1ccccc1)NCC(=O)N1C[C@@H](F)CC1C#N. The lowest BCUT2D eigenvalue weighted by atomic mass is 10.1.